The SMILES string of the molecule is Cc1cccc2c(=O)n(CCC(=O)N(C3CCCC3)C3CC3)cnc12. The number of rotatable bonds is 5. The highest BCUT2D eigenvalue weighted by atomic mass is 16.2. The van der Waals surface area contributed by atoms with Crippen LogP contribution in [0.15, 0.2) is 29.3 Å². The van der Waals surface area contributed by atoms with E-state index in [2.05, 4.69) is 9.88 Å². The molecule has 0 aliphatic heterocycles. The van der Waals surface area contributed by atoms with E-state index >= 15 is 0 Å². The summed E-state index contributed by atoms with van der Waals surface area (Å²) in [6.07, 6.45) is 8.98. The minimum atomic E-state index is -0.0552. The van der Waals surface area contributed by atoms with Crippen LogP contribution in [0.2, 0.25) is 0 Å². The third-order valence-corrected chi connectivity index (χ3v) is 5.57. The zero-order valence-electron chi connectivity index (χ0n) is 14.8. The zero-order valence-corrected chi connectivity index (χ0v) is 14.8. The lowest BCUT2D eigenvalue weighted by molar-refractivity contribution is -0.134. The largest absolute Gasteiger partial charge is 0.337 e. The number of amides is 1. The van der Waals surface area contributed by atoms with E-state index in [1.807, 2.05) is 25.1 Å². The van der Waals surface area contributed by atoms with E-state index in [0.717, 1.165) is 36.8 Å². The van der Waals surface area contributed by atoms with E-state index in [4.69, 9.17) is 0 Å². The van der Waals surface area contributed by atoms with Crippen molar-refractivity contribution in [3.05, 3.63) is 40.4 Å². The summed E-state index contributed by atoms with van der Waals surface area (Å²) >= 11 is 0. The summed E-state index contributed by atoms with van der Waals surface area (Å²) in [4.78, 5) is 32.0. The molecule has 0 radical (unpaired) electrons. The lowest BCUT2D eigenvalue weighted by atomic mass is 10.1. The van der Waals surface area contributed by atoms with Crippen molar-refractivity contribution >= 4 is 16.8 Å². The Bertz CT molecular complexity index is 848. The van der Waals surface area contributed by atoms with E-state index in [9.17, 15) is 9.59 Å². The van der Waals surface area contributed by atoms with Crippen LogP contribution in [0.5, 0.6) is 0 Å². The standard InChI is InChI=1S/C20H25N3O2/c1-14-5-4-8-17-19(14)21-13-22(20(17)25)12-11-18(24)23(16-9-10-16)15-6-2-3-7-15/h4-5,8,13,15-16H,2-3,6-7,9-12H2,1H3. The Morgan fingerprint density at radius 2 is 1.92 bits per heavy atom. The van der Waals surface area contributed by atoms with Gasteiger partial charge in [0.15, 0.2) is 0 Å². The van der Waals surface area contributed by atoms with E-state index in [1.54, 1.807) is 10.9 Å². The van der Waals surface area contributed by atoms with Crippen LogP contribution in [-0.4, -0.2) is 32.4 Å². The Balaban J connectivity index is 1.50. The molecular formula is C20H25N3O2. The highest BCUT2D eigenvalue weighted by Crippen LogP contribution is 2.34. The molecule has 2 aromatic rings. The number of aromatic nitrogens is 2. The van der Waals surface area contributed by atoms with Crippen LogP contribution < -0.4 is 5.56 Å². The van der Waals surface area contributed by atoms with Crippen molar-refractivity contribution in [1.29, 1.82) is 0 Å². The topological polar surface area (TPSA) is 55.2 Å². The first-order valence-corrected chi connectivity index (χ1v) is 9.41. The number of nitrogens with zero attached hydrogens (tertiary/aromatic N) is 3. The highest BCUT2D eigenvalue weighted by molar-refractivity contribution is 5.80. The van der Waals surface area contributed by atoms with Gasteiger partial charge in [-0.1, -0.05) is 25.0 Å². The smallest absolute Gasteiger partial charge is 0.261 e. The third-order valence-electron chi connectivity index (χ3n) is 5.57. The van der Waals surface area contributed by atoms with Crippen LogP contribution in [0.1, 0.15) is 50.5 Å². The summed E-state index contributed by atoms with van der Waals surface area (Å²) < 4.78 is 1.58. The minimum absolute atomic E-state index is 0.0552. The van der Waals surface area contributed by atoms with Gasteiger partial charge >= 0.3 is 0 Å². The molecule has 0 atom stereocenters. The lowest BCUT2D eigenvalue weighted by Crippen LogP contribution is -2.41. The molecule has 1 amide bonds. The molecule has 2 saturated carbocycles. The maximum Gasteiger partial charge on any atom is 0.261 e. The fourth-order valence-electron chi connectivity index (χ4n) is 4.08. The number of carbonyl (C=O) groups excluding carboxylic acids is 1. The molecule has 2 aliphatic carbocycles. The molecule has 5 heteroatoms. The van der Waals surface area contributed by atoms with Crippen molar-refractivity contribution in [3.63, 3.8) is 0 Å². The van der Waals surface area contributed by atoms with Crippen molar-refractivity contribution < 1.29 is 4.79 Å². The van der Waals surface area contributed by atoms with Gasteiger partial charge < -0.3 is 4.90 Å². The summed E-state index contributed by atoms with van der Waals surface area (Å²) in [6.45, 7) is 2.36. The molecule has 0 unspecified atom stereocenters. The first kappa shape index (κ1) is 16.3. The van der Waals surface area contributed by atoms with Gasteiger partial charge in [0.2, 0.25) is 5.91 Å². The predicted molar refractivity (Wildman–Crippen MR) is 97.5 cm³/mol. The van der Waals surface area contributed by atoms with Crippen molar-refractivity contribution in [2.45, 2.75) is 70.5 Å². The molecule has 1 heterocycles. The third kappa shape index (κ3) is 3.20. The second-order valence-electron chi connectivity index (χ2n) is 7.43. The van der Waals surface area contributed by atoms with Crippen LogP contribution in [0.3, 0.4) is 0 Å². The van der Waals surface area contributed by atoms with E-state index in [1.165, 1.54) is 12.8 Å². The molecule has 25 heavy (non-hydrogen) atoms. The summed E-state index contributed by atoms with van der Waals surface area (Å²) in [7, 11) is 0. The lowest BCUT2D eigenvalue weighted by Gasteiger charge is -2.29. The Morgan fingerprint density at radius 3 is 2.64 bits per heavy atom. The van der Waals surface area contributed by atoms with Crippen molar-refractivity contribution in [3.8, 4) is 0 Å². The van der Waals surface area contributed by atoms with Gasteiger partial charge in [-0.25, -0.2) is 4.98 Å². The van der Waals surface area contributed by atoms with E-state index in [0.29, 0.717) is 30.4 Å². The Hall–Kier alpha value is -2.17. The average Bonchev–Trinajstić information content (AvgIpc) is 3.29. The van der Waals surface area contributed by atoms with Crippen LogP contribution in [0, 0.1) is 6.92 Å². The number of hydrogen-bond acceptors (Lipinski definition) is 3. The first-order chi connectivity index (χ1) is 12.1. The van der Waals surface area contributed by atoms with Crippen LogP contribution in [0.25, 0.3) is 10.9 Å². The van der Waals surface area contributed by atoms with Gasteiger partial charge in [-0.05, 0) is 44.2 Å². The maximum atomic E-state index is 12.8. The summed E-state index contributed by atoms with van der Waals surface area (Å²) in [5.74, 6) is 0.200. The molecule has 0 saturated heterocycles. The molecule has 4 rings (SSSR count). The first-order valence-electron chi connectivity index (χ1n) is 9.41. The van der Waals surface area contributed by atoms with Crippen LogP contribution in [0.4, 0.5) is 0 Å². The Kier molecular flexibility index (Phi) is 4.32. The van der Waals surface area contributed by atoms with Gasteiger partial charge in [0.25, 0.3) is 5.56 Å². The Morgan fingerprint density at radius 1 is 1.20 bits per heavy atom. The molecule has 2 aliphatic rings. The highest BCUT2D eigenvalue weighted by Gasteiger charge is 2.37. The van der Waals surface area contributed by atoms with Gasteiger partial charge in [0, 0.05) is 25.0 Å². The summed E-state index contributed by atoms with van der Waals surface area (Å²) in [5, 5.41) is 0.629. The van der Waals surface area contributed by atoms with Gasteiger partial charge in [0.1, 0.15) is 0 Å². The van der Waals surface area contributed by atoms with Crippen molar-refractivity contribution in [2.24, 2.45) is 0 Å². The molecule has 1 aromatic carbocycles. The van der Waals surface area contributed by atoms with Gasteiger partial charge in [-0.15, -0.1) is 0 Å². The van der Waals surface area contributed by atoms with Gasteiger partial charge in [-0.2, -0.15) is 0 Å². The number of fused-ring (bicyclic) bond motifs is 1. The predicted octanol–water partition coefficient (Wildman–Crippen LogP) is 3.03. The quantitative estimate of drug-likeness (QED) is 0.841. The molecule has 1 aromatic heterocycles. The number of carbonyl (C=O) groups is 1. The number of hydrogen-bond donors (Lipinski definition) is 0. The normalized spacial score (nSPS) is 18.0. The van der Waals surface area contributed by atoms with Gasteiger partial charge in [-0.3, -0.25) is 14.2 Å². The van der Waals surface area contributed by atoms with Crippen molar-refractivity contribution in [2.75, 3.05) is 0 Å². The van der Waals surface area contributed by atoms with Crippen molar-refractivity contribution in [1.82, 2.24) is 14.5 Å². The maximum absolute atomic E-state index is 12.8. The summed E-state index contributed by atoms with van der Waals surface area (Å²) in [5.41, 5.74) is 1.69. The Labute approximate surface area is 147 Å². The monoisotopic (exact) mass is 339 g/mol. The fraction of sp³-hybridized carbons (Fsp3) is 0.550. The number of aryl methyl sites for hydroxylation is 2. The van der Waals surface area contributed by atoms with E-state index in [-0.39, 0.29) is 11.5 Å². The molecule has 132 valence electrons. The molecular weight excluding hydrogens is 314 g/mol. The van der Waals surface area contributed by atoms with Crippen LogP contribution in [-0.2, 0) is 11.3 Å². The fourth-order valence-corrected chi connectivity index (χ4v) is 4.08. The molecule has 0 N–H and O–H groups in total. The van der Waals surface area contributed by atoms with Gasteiger partial charge in [0.05, 0.1) is 17.2 Å². The molecule has 0 bridgehead atoms. The molecule has 2 fully saturated rings. The molecule has 0 spiro atoms. The zero-order chi connectivity index (χ0) is 17.4. The second kappa shape index (κ2) is 6.62. The average molecular weight is 339 g/mol. The number of benzene rings is 1. The summed E-state index contributed by atoms with van der Waals surface area (Å²) in [6, 6.07) is 6.52. The second-order valence-corrected chi connectivity index (χ2v) is 7.43. The minimum Gasteiger partial charge on any atom is -0.337 e. The van der Waals surface area contributed by atoms with E-state index < -0.39 is 0 Å². The van der Waals surface area contributed by atoms with Crippen LogP contribution >= 0.6 is 0 Å². The molecule has 5 nitrogen and oxygen atoms in total. The number of para-hydroxylation sites is 1.